The quantitative estimate of drug-likeness (QED) is 0.521. The third-order valence-corrected chi connectivity index (χ3v) is 3.35. The number of primary amides is 1. The number of rotatable bonds is 7. The summed E-state index contributed by atoms with van der Waals surface area (Å²) in [4.78, 5) is 10.7. The van der Waals surface area contributed by atoms with E-state index in [2.05, 4.69) is 4.72 Å². The summed E-state index contributed by atoms with van der Waals surface area (Å²) < 4.78 is 25.4. The van der Waals surface area contributed by atoms with Gasteiger partial charge in [0.1, 0.15) is 0 Å². The third-order valence-electron chi connectivity index (χ3n) is 1.67. The molecule has 0 radical (unpaired) electrons. The SMILES string of the molecule is CC(C)(CC(N)=O)NS(=O)(=O)CCCN. The van der Waals surface area contributed by atoms with Gasteiger partial charge in [0.05, 0.1) is 5.75 Å². The second kappa shape index (κ2) is 5.43. The topological polar surface area (TPSA) is 115 Å². The number of hydrogen-bond donors (Lipinski definition) is 3. The lowest BCUT2D eigenvalue weighted by Crippen LogP contribution is -2.46. The van der Waals surface area contributed by atoms with Gasteiger partial charge in [-0.1, -0.05) is 0 Å². The van der Waals surface area contributed by atoms with Crippen molar-refractivity contribution in [2.45, 2.75) is 32.2 Å². The second-order valence-electron chi connectivity index (χ2n) is 4.09. The fraction of sp³-hybridized carbons (Fsp3) is 0.875. The Kier molecular flexibility index (Phi) is 5.19. The van der Waals surface area contributed by atoms with Crippen LogP contribution in [0.25, 0.3) is 0 Å². The number of hydrogen-bond acceptors (Lipinski definition) is 4. The largest absolute Gasteiger partial charge is 0.370 e. The van der Waals surface area contributed by atoms with Crippen LogP contribution in [0, 0.1) is 0 Å². The molecule has 0 heterocycles. The van der Waals surface area contributed by atoms with Crippen LogP contribution in [0.15, 0.2) is 0 Å². The van der Waals surface area contributed by atoms with E-state index < -0.39 is 21.5 Å². The predicted molar refractivity (Wildman–Crippen MR) is 58.5 cm³/mol. The summed E-state index contributed by atoms with van der Waals surface area (Å²) in [7, 11) is -3.38. The van der Waals surface area contributed by atoms with Crippen LogP contribution in [-0.2, 0) is 14.8 Å². The summed E-state index contributed by atoms with van der Waals surface area (Å²) in [6.07, 6.45) is 0.358. The minimum Gasteiger partial charge on any atom is -0.370 e. The van der Waals surface area contributed by atoms with Crippen LogP contribution in [0.5, 0.6) is 0 Å². The first-order valence-corrected chi connectivity index (χ1v) is 6.34. The fourth-order valence-electron chi connectivity index (χ4n) is 1.22. The molecule has 1 amide bonds. The van der Waals surface area contributed by atoms with E-state index in [0.717, 1.165) is 0 Å². The van der Waals surface area contributed by atoms with E-state index in [9.17, 15) is 13.2 Å². The normalized spacial score (nSPS) is 12.7. The Hall–Kier alpha value is -0.660. The lowest BCUT2D eigenvalue weighted by Gasteiger charge is -2.24. The molecule has 0 atom stereocenters. The maximum atomic E-state index is 11.5. The average molecular weight is 237 g/mol. The van der Waals surface area contributed by atoms with Crippen molar-refractivity contribution in [1.82, 2.24) is 4.72 Å². The van der Waals surface area contributed by atoms with E-state index in [0.29, 0.717) is 13.0 Å². The zero-order valence-corrected chi connectivity index (χ0v) is 9.93. The summed E-state index contributed by atoms with van der Waals surface area (Å²) in [5.74, 6) is -0.576. The van der Waals surface area contributed by atoms with Gasteiger partial charge in [-0.2, -0.15) is 0 Å². The number of carbonyl (C=O) groups is 1. The van der Waals surface area contributed by atoms with Crippen molar-refractivity contribution in [3.05, 3.63) is 0 Å². The summed E-state index contributed by atoms with van der Waals surface area (Å²) in [6.45, 7) is 3.53. The molecule has 6 nitrogen and oxygen atoms in total. The molecular formula is C8H19N3O3S. The van der Waals surface area contributed by atoms with E-state index in [4.69, 9.17) is 11.5 Å². The molecule has 90 valence electrons. The van der Waals surface area contributed by atoms with Crippen molar-refractivity contribution in [3.8, 4) is 0 Å². The highest BCUT2D eigenvalue weighted by Crippen LogP contribution is 2.09. The van der Waals surface area contributed by atoms with Gasteiger partial charge in [-0.25, -0.2) is 13.1 Å². The Labute approximate surface area is 90.4 Å². The molecule has 0 saturated carbocycles. The highest BCUT2D eigenvalue weighted by Gasteiger charge is 2.26. The smallest absolute Gasteiger partial charge is 0.219 e. The summed E-state index contributed by atoms with van der Waals surface area (Å²) in [6, 6.07) is 0. The van der Waals surface area contributed by atoms with Gasteiger partial charge in [0, 0.05) is 12.0 Å². The molecule has 0 aliphatic carbocycles. The Morgan fingerprint density at radius 3 is 2.33 bits per heavy atom. The van der Waals surface area contributed by atoms with Crippen LogP contribution in [0.3, 0.4) is 0 Å². The van der Waals surface area contributed by atoms with Gasteiger partial charge in [0.2, 0.25) is 15.9 Å². The van der Waals surface area contributed by atoms with Crippen LogP contribution in [0.1, 0.15) is 26.7 Å². The van der Waals surface area contributed by atoms with Crippen LogP contribution in [0.4, 0.5) is 0 Å². The first kappa shape index (κ1) is 14.3. The van der Waals surface area contributed by atoms with Gasteiger partial charge < -0.3 is 11.5 Å². The maximum Gasteiger partial charge on any atom is 0.219 e. The van der Waals surface area contributed by atoms with Gasteiger partial charge in [-0.3, -0.25) is 4.79 Å². The van der Waals surface area contributed by atoms with E-state index in [-0.39, 0.29) is 12.2 Å². The van der Waals surface area contributed by atoms with Crippen molar-refractivity contribution in [1.29, 1.82) is 0 Å². The number of carbonyl (C=O) groups excluding carboxylic acids is 1. The van der Waals surface area contributed by atoms with Crippen molar-refractivity contribution < 1.29 is 13.2 Å². The molecular weight excluding hydrogens is 218 g/mol. The molecule has 0 aliphatic heterocycles. The summed E-state index contributed by atoms with van der Waals surface area (Å²) in [5, 5.41) is 0. The van der Waals surface area contributed by atoms with E-state index in [1.165, 1.54) is 0 Å². The Balaban J connectivity index is 4.37. The number of nitrogens with two attached hydrogens (primary N) is 2. The summed E-state index contributed by atoms with van der Waals surface area (Å²) >= 11 is 0. The minimum absolute atomic E-state index is 0.0329. The van der Waals surface area contributed by atoms with Crippen LogP contribution in [-0.4, -0.2) is 32.2 Å². The molecule has 0 spiro atoms. The lowest BCUT2D eigenvalue weighted by molar-refractivity contribution is -0.119. The number of amides is 1. The zero-order valence-electron chi connectivity index (χ0n) is 9.12. The van der Waals surface area contributed by atoms with E-state index in [1.54, 1.807) is 13.8 Å². The van der Waals surface area contributed by atoms with E-state index >= 15 is 0 Å². The number of nitrogens with one attached hydrogen (secondary N) is 1. The predicted octanol–water partition coefficient (Wildman–Crippen LogP) is -1.09. The van der Waals surface area contributed by atoms with Gasteiger partial charge in [0.25, 0.3) is 0 Å². The monoisotopic (exact) mass is 237 g/mol. The van der Waals surface area contributed by atoms with Gasteiger partial charge in [0.15, 0.2) is 0 Å². The van der Waals surface area contributed by atoms with Crippen LogP contribution < -0.4 is 16.2 Å². The highest BCUT2D eigenvalue weighted by molar-refractivity contribution is 7.89. The zero-order chi connectivity index (χ0) is 12.1. The molecule has 0 fully saturated rings. The van der Waals surface area contributed by atoms with Crippen molar-refractivity contribution in [3.63, 3.8) is 0 Å². The molecule has 0 saturated heterocycles. The van der Waals surface area contributed by atoms with Crippen LogP contribution >= 0.6 is 0 Å². The molecule has 0 bridgehead atoms. The minimum atomic E-state index is -3.38. The first-order chi connectivity index (χ1) is 6.68. The highest BCUT2D eigenvalue weighted by atomic mass is 32.2. The fourth-order valence-corrected chi connectivity index (χ4v) is 2.78. The van der Waals surface area contributed by atoms with E-state index in [1.807, 2.05) is 0 Å². The average Bonchev–Trinajstić information content (AvgIpc) is 1.95. The molecule has 5 N–H and O–H groups in total. The maximum absolute atomic E-state index is 11.5. The Morgan fingerprint density at radius 2 is 1.93 bits per heavy atom. The molecule has 0 unspecified atom stereocenters. The third kappa shape index (κ3) is 7.29. The van der Waals surface area contributed by atoms with Crippen molar-refractivity contribution in [2.75, 3.05) is 12.3 Å². The molecule has 15 heavy (non-hydrogen) atoms. The van der Waals surface area contributed by atoms with Gasteiger partial charge >= 0.3 is 0 Å². The first-order valence-electron chi connectivity index (χ1n) is 4.68. The molecule has 0 aliphatic rings. The molecule has 0 rings (SSSR count). The summed E-state index contributed by atoms with van der Waals surface area (Å²) in [5.41, 5.74) is 9.37. The Morgan fingerprint density at radius 1 is 1.40 bits per heavy atom. The van der Waals surface area contributed by atoms with Gasteiger partial charge in [-0.05, 0) is 26.8 Å². The number of sulfonamides is 1. The second-order valence-corrected chi connectivity index (χ2v) is 5.93. The van der Waals surface area contributed by atoms with Crippen molar-refractivity contribution >= 4 is 15.9 Å². The standard InChI is InChI=1S/C8H19N3O3S/c1-8(2,6-7(10)12)11-15(13,14)5-3-4-9/h11H,3-6,9H2,1-2H3,(H2,10,12). The molecule has 0 aromatic rings. The molecule has 7 heteroatoms. The Bertz CT molecular complexity index is 311. The molecule has 0 aromatic heterocycles. The molecule has 0 aromatic carbocycles. The van der Waals surface area contributed by atoms with Crippen molar-refractivity contribution in [2.24, 2.45) is 11.5 Å². The van der Waals surface area contributed by atoms with Crippen LogP contribution in [0.2, 0.25) is 0 Å². The van der Waals surface area contributed by atoms with Gasteiger partial charge in [-0.15, -0.1) is 0 Å². The lowest BCUT2D eigenvalue weighted by atomic mass is 10.0.